The molecule has 0 saturated heterocycles. The summed E-state index contributed by atoms with van der Waals surface area (Å²) in [5, 5.41) is 2.68. The molecular formula is C28H32BrN3O4S. The van der Waals surface area contributed by atoms with Gasteiger partial charge in [-0.15, -0.1) is 0 Å². The number of aryl methyl sites for hydroxylation is 2. The predicted molar refractivity (Wildman–Crippen MR) is 151 cm³/mol. The van der Waals surface area contributed by atoms with E-state index in [4.69, 9.17) is 0 Å². The number of anilines is 1. The predicted octanol–water partition coefficient (Wildman–Crippen LogP) is 4.22. The molecule has 3 aromatic rings. The number of hydrogen-bond acceptors (Lipinski definition) is 4. The van der Waals surface area contributed by atoms with E-state index in [0.717, 1.165) is 37.3 Å². The Hall–Kier alpha value is -3.17. The SMILES string of the molecule is CNC(=O)C(Cc1ccccc1)N(Cc1cccc(Br)c1)C(=O)CN(c1c(C)cccc1C)S(C)(=O)=O. The monoisotopic (exact) mass is 585 g/mol. The third-order valence-corrected chi connectivity index (χ3v) is 7.73. The van der Waals surface area contributed by atoms with Gasteiger partial charge >= 0.3 is 0 Å². The van der Waals surface area contributed by atoms with Crippen molar-refractivity contribution >= 4 is 43.5 Å². The lowest BCUT2D eigenvalue weighted by atomic mass is 10.0. The van der Waals surface area contributed by atoms with Crippen LogP contribution in [0, 0.1) is 13.8 Å². The van der Waals surface area contributed by atoms with Crippen molar-refractivity contribution in [1.29, 1.82) is 0 Å². The molecule has 0 aliphatic carbocycles. The second-order valence-electron chi connectivity index (χ2n) is 8.98. The summed E-state index contributed by atoms with van der Waals surface area (Å²) < 4.78 is 27.8. The van der Waals surface area contributed by atoms with E-state index in [0.29, 0.717) is 5.69 Å². The maximum Gasteiger partial charge on any atom is 0.244 e. The third-order valence-electron chi connectivity index (χ3n) is 6.13. The zero-order chi connectivity index (χ0) is 27.2. The van der Waals surface area contributed by atoms with Gasteiger partial charge in [0.05, 0.1) is 11.9 Å². The van der Waals surface area contributed by atoms with E-state index in [-0.39, 0.29) is 18.9 Å². The first-order valence-electron chi connectivity index (χ1n) is 11.8. The van der Waals surface area contributed by atoms with Crippen molar-refractivity contribution in [1.82, 2.24) is 10.2 Å². The highest BCUT2D eigenvalue weighted by Crippen LogP contribution is 2.27. The number of nitrogens with zero attached hydrogens (tertiary/aromatic N) is 2. The molecular weight excluding hydrogens is 554 g/mol. The highest BCUT2D eigenvalue weighted by molar-refractivity contribution is 9.10. The number of carbonyl (C=O) groups excluding carboxylic acids is 2. The lowest BCUT2D eigenvalue weighted by Gasteiger charge is -2.34. The van der Waals surface area contributed by atoms with Gasteiger partial charge in [-0.05, 0) is 48.2 Å². The highest BCUT2D eigenvalue weighted by atomic mass is 79.9. The summed E-state index contributed by atoms with van der Waals surface area (Å²) in [6.07, 6.45) is 1.37. The lowest BCUT2D eigenvalue weighted by molar-refractivity contribution is -0.139. The van der Waals surface area contributed by atoms with Gasteiger partial charge in [0.1, 0.15) is 12.6 Å². The maximum absolute atomic E-state index is 14.0. The topological polar surface area (TPSA) is 86.8 Å². The zero-order valence-corrected chi connectivity index (χ0v) is 23.8. The summed E-state index contributed by atoms with van der Waals surface area (Å²) in [6, 6.07) is 21.5. The van der Waals surface area contributed by atoms with Gasteiger partial charge in [-0.3, -0.25) is 13.9 Å². The van der Waals surface area contributed by atoms with E-state index >= 15 is 0 Å². The Labute approximate surface area is 227 Å². The van der Waals surface area contributed by atoms with Crippen LogP contribution in [-0.2, 0) is 32.6 Å². The second-order valence-corrected chi connectivity index (χ2v) is 11.8. The highest BCUT2D eigenvalue weighted by Gasteiger charge is 2.33. The number of halogens is 1. The van der Waals surface area contributed by atoms with Crippen LogP contribution in [0.4, 0.5) is 5.69 Å². The number of rotatable bonds is 10. The maximum atomic E-state index is 14.0. The van der Waals surface area contributed by atoms with Crippen LogP contribution in [0.25, 0.3) is 0 Å². The summed E-state index contributed by atoms with van der Waals surface area (Å²) >= 11 is 3.47. The first-order chi connectivity index (χ1) is 17.5. The molecule has 0 radical (unpaired) electrons. The number of para-hydroxylation sites is 1. The van der Waals surface area contributed by atoms with Crippen LogP contribution in [0.3, 0.4) is 0 Å². The zero-order valence-electron chi connectivity index (χ0n) is 21.4. The number of likely N-dealkylation sites (N-methyl/N-ethyl adjacent to an activating group) is 1. The largest absolute Gasteiger partial charge is 0.357 e. The summed E-state index contributed by atoms with van der Waals surface area (Å²) in [5.74, 6) is -0.803. The number of carbonyl (C=O) groups is 2. The van der Waals surface area contributed by atoms with Crippen LogP contribution in [-0.4, -0.2) is 51.0 Å². The van der Waals surface area contributed by atoms with Crippen molar-refractivity contribution in [2.75, 3.05) is 24.2 Å². The van der Waals surface area contributed by atoms with Crippen LogP contribution in [0.1, 0.15) is 22.3 Å². The third kappa shape index (κ3) is 7.42. The van der Waals surface area contributed by atoms with Crippen molar-refractivity contribution in [2.24, 2.45) is 0 Å². The second kappa shape index (κ2) is 12.4. The Kier molecular flexibility index (Phi) is 9.50. The van der Waals surface area contributed by atoms with Crippen molar-refractivity contribution in [3.63, 3.8) is 0 Å². The minimum atomic E-state index is -3.80. The van der Waals surface area contributed by atoms with E-state index in [1.54, 1.807) is 0 Å². The van der Waals surface area contributed by atoms with E-state index in [2.05, 4.69) is 21.2 Å². The molecule has 2 amide bonds. The molecule has 0 spiro atoms. The summed E-state index contributed by atoms with van der Waals surface area (Å²) in [6.45, 7) is 3.33. The number of sulfonamides is 1. The van der Waals surface area contributed by atoms with Crippen molar-refractivity contribution in [3.8, 4) is 0 Å². The molecule has 7 nitrogen and oxygen atoms in total. The van der Waals surface area contributed by atoms with Gasteiger partial charge in [-0.2, -0.15) is 0 Å². The molecule has 0 fully saturated rings. The van der Waals surface area contributed by atoms with Crippen molar-refractivity contribution < 1.29 is 18.0 Å². The minimum Gasteiger partial charge on any atom is -0.357 e. The van der Waals surface area contributed by atoms with Gasteiger partial charge in [0, 0.05) is 24.5 Å². The van der Waals surface area contributed by atoms with Crippen molar-refractivity contribution in [2.45, 2.75) is 32.9 Å². The first kappa shape index (κ1) is 28.4. The molecule has 1 N–H and O–H groups in total. The quantitative estimate of drug-likeness (QED) is 0.386. The van der Waals surface area contributed by atoms with Gasteiger partial charge in [0.2, 0.25) is 21.8 Å². The van der Waals surface area contributed by atoms with Crippen molar-refractivity contribution in [3.05, 3.63) is 99.5 Å². The normalized spacial score (nSPS) is 12.0. The fourth-order valence-corrected chi connectivity index (χ4v) is 5.74. The molecule has 0 aromatic heterocycles. The molecule has 0 heterocycles. The van der Waals surface area contributed by atoms with Crippen LogP contribution in [0.2, 0.25) is 0 Å². The molecule has 37 heavy (non-hydrogen) atoms. The van der Waals surface area contributed by atoms with E-state index in [1.807, 2.05) is 86.6 Å². The Bertz CT molecular complexity index is 1340. The molecule has 9 heteroatoms. The van der Waals surface area contributed by atoms with Gasteiger partial charge in [-0.1, -0.05) is 76.6 Å². The van der Waals surface area contributed by atoms with E-state index < -0.39 is 28.5 Å². The average molecular weight is 587 g/mol. The number of benzene rings is 3. The molecule has 3 aromatic carbocycles. The summed E-state index contributed by atoms with van der Waals surface area (Å²) in [4.78, 5) is 28.6. The number of amides is 2. The Morgan fingerprint density at radius 3 is 2.08 bits per heavy atom. The van der Waals surface area contributed by atoms with E-state index in [1.165, 1.54) is 11.9 Å². The summed E-state index contributed by atoms with van der Waals surface area (Å²) in [5.41, 5.74) is 3.65. The van der Waals surface area contributed by atoms with E-state index in [9.17, 15) is 18.0 Å². The fraction of sp³-hybridized carbons (Fsp3) is 0.286. The van der Waals surface area contributed by atoms with Gasteiger partial charge in [0.15, 0.2) is 0 Å². The molecule has 1 atom stereocenters. The van der Waals surface area contributed by atoms with Crippen LogP contribution >= 0.6 is 15.9 Å². The molecule has 3 rings (SSSR count). The molecule has 0 aliphatic heterocycles. The average Bonchev–Trinajstić information content (AvgIpc) is 2.85. The van der Waals surface area contributed by atoms with Crippen LogP contribution in [0.15, 0.2) is 77.3 Å². The molecule has 0 bridgehead atoms. The molecule has 0 aliphatic rings. The molecule has 1 unspecified atom stereocenters. The van der Waals surface area contributed by atoms with Gasteiger partial charge in [0.25, 0.3) is 0 Å². The lowest BCUT2D eigenvalue weighted by Crippen LogP contribution is -2.53. The Balaban J connectivity index is 2.07. The van der Waals surface area contributed by atoms with Gasteiger partial charge in [-0.25, -0.2) is 8.42 Å². The number of hydrogen-bond donors (Lipinski definition) is 1. The fourth-order valence-electron chi connectivity index (χ4n) is 4.33. The molecule has 0 saturated carbocycles. The first-order valence-corrected chi connectivity index (χ1v) is 14.5. The smallest absolute Gasteiger partial charge is 0.244 e. The van der Waals surface area contributed by atoms with Crippen LogP contribution in [0.5, 0.6) is 0 Å². The Morgan fingerprint density at radius 2 is 1.51 bits per heavy atom. The van der Waals surface area contributed by atoms with Crippen LogP contribution < -0.4 is 9.62 Å². The van der Waals surface area contributed by atoms with Gasteiger partial charge < -0.3 is 10.2 Å². The summed E-state index contributed by atoms with van der Waals surface area (Å²) in [7, 11) is -2.27. The Morgan fingerprint density at radius 1 is 0.919 bits per heavy atom. The standard InChI is InChI=1S/C28H32BrN3O4S/c1-20-10-8-11-21(2)27(20)32(37(4,35)36)19-26(33)31(18-23-14-9-15-24(29)16-23)25(28(34)30-3)17-22-12-6-5-7-13-22/h5-16,25H,17-19H2,1-4H3,(H,30,34). The molecule has 196 valence electrons. The minimum absolute atomic E-state index is 0.132. The number of nitrogens with one attached hydrogen (secondary N) is 1.